The third kappa shape index (κ3) is 5.54. The molecule has 0 radical (unpaired) electrons. The zero-order chi connectivity index (χ0) is 17.8. The van der Waals surface area contributed by atoms with Gasteiger partial charge >= 0.3 is 0 Å². The van der Waals surface area contributed by atoms with Gasteiger partial charge in [0.15, 0.2) is 0 Å². The predicted molar refractivity (Wildman–Crippen MR) is 115 cm³/mol. The number of benzene rings is 1. The van der Waals surface area contributed by atoms with E-state index < -0.39 is 0 Å². The maximum absolute atomic E-state index is 11.2. The van der Waals surface area contributed by atoms with Crippen LogP contribution in [0.1, 0.15) is 18.4 Å². The topological polar surface area (TPSA) is 70.8 Å². The molecule has 1 aromatic rings. The van der Waals surface area contributed by atoms with E-state index in [2.05, 4.69) is 24.3 Å². The number of nitro groups is 1. The highest BCUT2D eigenvalue weighted by Crippen LogP contribution is 2.33. The van der Waals surface area contributed by atoms with Crippen molar-refractivity contribution in [2.75, 3.05) is 32.5 Å². The third-order valence-corrected chi connectivity index (χ3v) is 4.56. The molecule has 0 spiro atoms. The lowest BCUT2D eigenvalue weighted by atomic mass is 9.82. The van der Waals surface area contributed by atoms with Crippen LogP contribution in [0.4, 0.5) is 5.69 Å². The number of hydrogen-bond donors (Lipinski definition) is 1. The number of unbranched alkanes of at least 4 members (excludes halogenated alkanes) is 1. The van der Waals surface area contributed by atoms with Crippen LogP contribution in [-0.4, -0.2) is 48.8 Å². The summed E-state index contributed by atoms with van der Waals surface area (Å²) in [5.41, 5.74) is 3.18. The molecule has 0 aromatic heterocycles. The van der Waals surface area contributed by atoms with Gasteiger partial charge in [-0.1, -0.05) is 24.3 Å². The molecule has 1 N–H and O–H groups in total. The molecule has 1 aromatic carbocycles. The van der Waals surface area contributed by atoms with E-state index in [9.17, 15) is 10.1 Å². The molecule has 0 fully saturated rings. The first-order valence-corrected chi connectivity index (χ1v) is 8.65. The fourth-order valence-corrected chi connectivity index (χ4v) is 3.30. The van der Waals surface area contributed by atoms with E-state index >= 15 is 0 Å². The number of allylic oxidation sites excluding steroid dienone is 1. The Balaban J connectivity index is 0.00000182. The van der Waals surface area contributed by atoms with E-state index in [4.69, 9.17) is 4.99 Å². The monoisotopic (exact) mass is 412 g/mol. The molecule has 3 rings (SSSR count). The summed E-state index contributed by atoms with van der Waals surface area (Å²) in [6, 6.07) is 8.06. The van der Waals surface area contributed by atoms with Crippen LogP contribution in [0.5, 0.6) is 0 Å². The van der Waals surface area contributed by atoms with Gasteiger partial charge in [0, 0.05) is 29.9 Å². The minimum Gasteiger partial charge on any atom is -0.377 e. The highest BCUT2D eigenvalue weighted by atomic mass is 35.5. The summed E-state index contributed by atoms with van der Waals surface area (Å²) in [6.45, 7) is 1.79. The van der Waals surface area contributed by atoms with Crippen molar-refractivity contribution in [2.24, 2.45) is 10.9 Å². The Morgan fingerprint density at radius 2 is 1.96 bits per heavy atom. The van der Waals surface area contributed by atoms with Crippen molar-refractivity contribution >= 4 is 36.2 Å². The fraction of sp³-hybridized carbons (Fsp3) is 0.421. The number of nitrogens with one attached hydrogen (secondary N) is 1. The number of rotatable bonds is 6. The van der Waals surface area contributed by atoms with Gasteiger partial charge in [0.2, 0.25) is 0 Å². The summed E-state index contributed by atoms with van der Waals surface area (Å²) in [4.78, 5) is 17.9. The largest absolute Gasteiger partial charge is 0.377 e. The van der Waals surface area contributed by atoms with Gasteiger partial charge in [-0.3, -0.25) is 15.1 Å². The van der Waals surface area contributed by atoms with Crippen LogP contribution in [0.3, 0.4) is 0 Å². The van der Waals surface area contributed by atoms with Gasteiger partial charge in [0.1, 0.15) is 0 Å². The maximum Gasteiger partial charge on any atom is 0.265 e. The molecule has 148 valence electrons. The molecule has 0 bridgehead atoms. The molecule has 27 heavy (non-hydrogen) atoms. The van der Waals surface area contributed by atoms with E-state index in [-0.39, 0.29) is 47.4 Å². The van der Waals surface area contributed by atoms with Crippen molar-refractivity contribution < 1.29 is 4.92 Å². The number of hydrogen-bond acceptors (Lipinski definition) is 5. The van der Waals surface area contributed by atoms with Crippen molar-refractivity contribution in [3.05, 3.63) is 63.9 Å². The zero-order valence-corrected chi connectivity index (χ0v) is 17.1. The third-order valence-electron chi connectivity index (χ3n) is 4.56. The minimum atomic E-state index is -0.331. The zero-order valence-electron chi connectivity index (χ0n) is 15.5. The van der Waals surface area contributed by atoms with Crippen molar-refractivity contribution in [3.63, 3.8) is 0 Å². The number of halogens is 2. The first-order valence-electron chi connectivity index (χ1n) is 8.65. The van der Waals surface area contributed by atoms with Crippen LogP contribution in [0.2, 0.25) is 0 Å². The number of fused-ring (bicyclic) bond motifs is 2. The molecule has 1 aliphatic carbocycles. The van der Waals surface area contributed by atoms with Gasteiger partial charge in [-0.25, -0.2) is 0 Å². The lowest BCUT2D eigenvalue weighted by Gasteiger charge is -2.34. The van der Waals surface area contributed by atoms with Crippen LogP contribution >= 0.6 is 24.8 Å². The second kappa shape index (κ2) is 10.4. The summed E-state index contributed by atoms with van der Waals surface area (Å²) in [6.07, 6.45) is 7.29. The summed E-state index contributed by atoms with van der Waals surface area (Å²) >= 11 is 0. The van der Waals surface area contributed by atoms with Crippen molar-refractivity contribution in [1.29, 1.82) is 0 Å². The Morgan fingerprint density at radius 3 is 2.67 bits per heavy atom. The molecule has 8 heteroatoms. The smallest absolute Gasteiger partial charge is 0.265 e. The molecular weight excluding hydrogens is 387 g/mol. The van der Waals surface area contributed by atoms with Crippen molar-refractivity contribution in [3.8, 4) is 0 Å². The SMILES string of the molecule is CN(C)CCCCN=C1c2ccccc2NC2C=CC([N+](=O)[O-])=CC12.Cl.Cl. The molecule has 0 saturated heterocycles. The molecule has 2 atom stereocenters. The van der Waals surface area contributed by atoms with Gasteiger partial charge in [-0.15, -0.1) is 24.8 Å². The van der Waals surface area contributed by atoms with Crippen LogP contribution in [0, 0.1) is 16.0 Å². The van der Waals surface area contributed by atoms with Gasteiger partial charge in [0.05, 0.1) is 22.6 Å². The number of para-hydroxylation sites is 1. The Hall–Kier alpha value is -1.89. The standard InChI is InChI=1S/C19H24N4O2.2ClH/c1-22(2)12-6-5-11-20-19-15-7-3-4-8-17(15)21-18-10-9-14(23(24)25)13-16(18)19;;/h3-4,7-10,13,16,18,21H,5-6,11-12H2,1-2H3;2*1H. The lowest BCUT2D eigenvalue weighted by molar-refractivity contribution is -0.419. The normalized spacial score (nSPS) is 21.3. The average Bonchev–Trinajstić information content (AvgIpc) is 2.59. The molecular formula is C19H26Cl2N4O2. The van der Waals surface area contributed by atoms with E-state index in [1.165, 1.54) is 0 Å². The Morgan fingerprint density at radius 1 is 1.22 bits per heavy atom. The van der Waals surface area contributed by atoms with Crippen LogP contribution < -0.4 is 5.32 Å². The average molecular weight is 413 g/mol. The van der Waals surface area contributed by atoms with Crippen LogP contribution in [0.25, 0.3) is 0 Å². The number of aliphatic imine (C=N–C) groups is 1. The second-order valence-corrected chi connectivity index (χ2v) is 6.73. The van der Waals surface area contributed by atoms with Crippen LogP contribution in [-0.2, 0) is 0 Å². The van der Waals surface area contributed by atoms with E-state index in [0.717, 1.165) is 42.9 Å². The van der Waals surface area contributed by atoms with Crippen LogP contribution in [0.15, 0.2) is 53.2 Å². The second-order valence-electron chi connectivity index (χ2n) is 6.73. The molecule has 6 nitrogen and oxygen atoms in total. The molecule has 0 amide bonds. The molecule has 2 unspecified atom stereocenters. The van der Waals surface area contributed by atoms with Gasteiger partial charge < -0.3 is 10.2 Å². The van der Waals surface area contributed by atoms with Gasteiger partial charge in [-0.2, -0.15) is 0 Å². The summed E-state index contributed by atoms with van der Waals surface area (Å²) in [7, 11) is 4.13. The van der Waals surface area contributed by atoms with E-state index in [0.29, 0.717) is 0 Å². The maximum atomic E-state index is 11.2. The summed E-state index contributed by atoms with van der Waals surface area (Å²) in [5, 5.41) is 14.6. The highest BCUT2D eigenvalue weighted by molar-refractivity contribution is 6.10. The fourth-order valence-electron chi connectivity index (χ4n) is 3.30. The molecule has 0 saturated carbocycles. The minimum absolute atomic E-state index is 0. The lowest BCUT2D eigenvalue weighted by Crippen LogP contribution is -2.39. The Bertz CT molecular complexity index is 747. The molecule has 1 aliphatic heterocycles. The van der Waals surface area contributed by atoms with E-state index in [1.807, 2.05) is 30.3 Å². The van der Waals surface area contributed by atoms with E-state index in [1.54, 1.807) is 12.2 Å². The van der Waals surface area contributed by atoms with Gasteiger partial charge in [0.25, 0.3) is 5.70 Å². The summed E-state index contributed by atoms with van der Waals surface area (Å²) in [5.74, 6) is -0.103. The molecule has 2 aliphatic rings. The quantitative estimate of drug-likeness (QED) is 0.438. The van der Waals surface area contributed by atoms with Gasteiger partial charge in [-0.05, 0) is 39.5 Å². The predicted octanol–water partition coefficient (Wildman–Crippen LogP) is 3.80. The highest BCUT2D eigenvalue weighted by Gasteiger charge is 2.34. The van der Waals surface area contributed by atoms with Crippen molar-refractivity contribution in [2.45, 2.75) is 18.9 Å². The molecule has 1 heterocycles. The Kier molecular flexibility index (Phi) is 8.96. The first-order chi connectivity index (χ1) is 12.1. The number of nitrogens with zero attached hydrogens (tertiary/aromatic N) is 3. The van der Waals surface area contributed by atoms with Crippen molar-refractivity contribution in [1.82, 2.24) is 4.90 Å². The first kappa shape index (κ1) is 23.1. The Labute approximate surface area is 172 Å². The summed E-state index contributed by atoms with van der Waals surface area (Å²) < 4.78 is 0. The number of anilines is 1.